The fraction of sp³-hybridized carbons (Fsp3) is 0.818. The molecule has 4 heteroatoms. The van der Waals surface area contributed by atoms with Gasteiger partial charge in [-0.1, -0.05) is 13.8 Å². The molecule has 1 amide bonds. The molecule has 1 heterocycles. The molecule has 1 aliphatic rings. The number of hydrogen-bond donors (Lipinski definition) is 1. The first-order chi connectivity index (χ1) is 6.91. The second-order valence-electron chi connectivity index (χ2n) is 4.70. The summed E-state index contributed by atoms with van der Waals surface area (Å²) < 4.78 is 0. The molecule has 0 spiro atoms. The summed E-state index contributed by atoms with van der Waals surface area (Å²) in [6.07, 6.45) is 0.609. The Morgan fingerprint density at radius 2 is 2.13 bits per heavy atom. The van der Waals surface area contributed by atoms with Crippen LogP contribution in [0.4, 0.5) is 0 Å². The number of nitrogens with zero attached hydrogens (tertiary/aromatic N) is 1. The summed E-state index contributed by atoms with van der Waals surface area (Å²) in [7, 11) is 0. The molecule has 0 saturated carbocycles. The van der Waals surface area contributed by atoms with E-state index in [0.717, 1.165) is 0 Å². The number of carbonyl (C=O) groups is 2. The molecular formula is C11H19NO3. The highest BCUT2D eigenvalue weighted by molar-refractivity contribution is 5.79. The Kier molecular flexibility index (Phi) is 3.72. The zero-order valence-corrected chi connectivity index (χ0v) is 9.56. The van der Waals surface area contributed by atoms with Gasteiger partial charge in [-0.2, -0.15) is 0 Å². The number of hydrogen-bond acceptors (Lipinski definition) is 2. The highest BCUT2D eigenvalue weighted by Gasteiger charge is 2.34. The van der Waals surface area contributed by atoms with Crippen LogP contribution in [-0.4, -0.2) is 34.5 Å². The van der Waals surface area contributed by atoms with Crippen LogP contribution in [-0.2, 0) is 9.59 Å². The van der Waals surface area contributed by atoms with E-state index in [2.05, 4.69) is 13.8 Å². The van der Waals surface area contributed by atoms with Gasteiger partial charge in [-0.3, -0.25) is 9.59 Å². The molecule has 2 unspecified atom stereocenters. The van der Waals surface area contributed by atoms with Crippen molar-refractivity contribution in [3.63, 3.8) is 0 Å². The van der Waals surface area contributed by atoms with Crippen LogP contribution in [0.1, 0.15) is 33.6 Å². The third kappa shape index (κ3) is 2.94. The fourth-order valence-corrected chi connectivity index (χ4v) is 2.00. The summed E-state index contributed by atoms with van der Waals surface area (Å²) in [5.74, 6) is 0.121. The van der Waals surface area contributed by atoms with E-state index in [1.54, 1.807) is 11.8 Å². The lowest BCUT2D eigenvalue weighted by Crippen LogP contribution is -2.36. The van der Waals surface area contributed by atoms with Crippen LogP contribution in [0.25, 0.3) is 0 Å². The molecule has 86 valence electrons. The smallest absolute Gasteiger partial charge is 0.305 e. The topological polar surface area (TPSA) is 57.6 Å². The summed E-state index contributed by atoms with van der Waals surface area (Å²) in [5.41, 5.74) is 0. The van der Waals surface area contributed by atoms with Gasteiger partial charge < -0.3 is 10.0 Å². The van der Waals surface area contributed by atoms with Gasteiger partial charge >= 0.3 is 5.97 Å². The Balaban J connectivity index is 2.56. The summed E-state index contributed by atoms with van der Waals surface area (Å²) in [4.78, 5) is 23.9. The number of aliphatic carboxylic acids is 1. The van der Waals surface area contributed by atoms with E-state index in [0.29, 0.717) is 24.8 Å². The van der Waals surface area contributed by atoms with Crippen LogP contribution >= 0.6 is 0 Å². The van der Waals surface area contributed by atoms with Gasteiger partial charge in [0.2, 0.25) is 5.91 Å². The maximum atomic E-state index is 11.6. The van der Waals surface area contributed by atoms with E-state index < -0.39 is 5.97 Å². The van der Waals surface area contributed by atoms with Crippen molar-refractivity contribution in [1.29, 1.82) is 0 Å². The average molecular weight is 213 g/mol. The summed E-state index contributed by atoms with van der Waals surface area (Å²) >= 11 is 0. The molecule has 0 radical (unpaired) electrons. The van der Waals surface area contributed by atoms with Crippen LogP contribution in [0.5, 0.6) is 0 Å². The van der Waals surface area contributed by atoms with E-state index in [-0.39, 0.29) is 18.4 Å². The molecule has 0 aromatic heterocycles. The fourth-order valence-electron chi connectivity index (χ4n) is 2.00. The predicted octanol–water partition coefficient (Wildman–Crippen LogP) is 1.35. The Morgan fingerprint density at radius 1 is 1.53 bits per heavy atom. The van der Waals surface area contributed by atoms with Crippen LogP contribution in [0, 0.1) is 11.8 Å². The molecule has 0 bridgehead atoms. The largest absolute Gasteiger partial charge is 0.481 e. The lowest BCUT2D eigenvalue weighted by molar-refractivity contribution is -0.139. The molecule has 1 saturated heterocycles. The van der Waals surface area contributed by atoms with Gasteiger partial charge in [-0.05, 0) is 18.8 Å². The second-order valence-corrected chi connectivity index (χ2v) is 4.70. The minimum atomic E-state index is -0.844. The average Bonchev–Trinajstić information content (AvgIpc) is 2.46. The van der Waals surface area contributed by atoms with Gasteiger partial charge in [0, 0.05) is 19.0 Å². The van der Waals surface area contributed by atoms with Crippen LogP contribution in [0.2, 0.25) is 0 Å². The Hall–Kier alpha value is -1.06. The maximum absolute atomic E-state index is 11.6. The monoisotopic (exact) mass is 213 g/mol. The number of carboxylic acids is 1. The number of rotatable bonds is 4. The predicted molar refractivity (Wildman–Crippen MR) is 56.4 cm³/mol. The first-order valence-electron chi connectivity index (χ1n) is 5.43. The minimum Gasteiger partial charge on any atom is -0.481 e. The standard InChI is InChI=1S/C11H19NO3/c1-7(2)9-5-10(13)12(6-9)8(3)4-11(14)15/h7-9H,4-6H2,1-3H3,(H,14,15). The van der Waals surface area contributed by atoms with Crippen molar-refractivity contribution in [2.24, 2.45) is 11.8 Å². The van der Waals surface area contributed by atoms with Gasteiger partial charge in [0.05, 0.1) is 6.42 Å². The summed E-state index contributed by atoms with van der Waals surface area (Å²) in [6, 6.07) is -0.182. The third-order valence-electron chi connectivity index (χ3n) is 3.13. The number of likely N-dealkylation sites (tertiary alicyclic amines) is 1. The van der Waals surface area contributed by atoms with Crippen LogP contribution < -0.4 is 0 Å². The van der Waals surface area contributed by atoms with E-state index >= 15 is 0 Å². The van der Waals surface area contributed by atoms with Crippen molar-refractivity contribution >= 4 is 11.9 Å². The Morgan fingerprint density at radius 3 is 2.53 bits per heavy atom. The Bertz CT molecular complexity index is 263. The second kappa shape index (κ2) is 4.64. The lowest BCUT2D eigenvalue weighted by atomic mass is 9.95. The first kappa shape index (κ1) is 12.0. The molecule has 1 aliphatic heterocycles. The molecule has 0 aromatic carbocycles. The number of carbonyl (C=O) groups excluding carboxylic acids is 1. The van der Waals surface area contributed by atoms with E-state index in [4.69, 9.17) is 5.11 Å². The molecule has 4 nitrogen and oxygen atoms in total. The van der Waals surface area contributed by atoms with Crippen molar-refractivity contribution < 1.29 is 14.7 Å². The van der Waals surface area contributed by atoms with E-state index in [1.165, 1.54) is 0 Å². The molecule has 1 N–H and O–H groups in total. The quantitative estimate of drug-likeness (QED) is 0.767. The molecule has 1 fully saturated rings. The molecule has 15 heavy (non-hydrogen) atoms. The zero-order valence-electron chi connectivity index (χ0n) is 9.56. The van der Waals surface area contributed by atoms with E-state index in [9.17, 15) is 9.59 Å². The zero-order chi connectivity index (χ0) is 11.6. The van der Waals surface area contributed by atoms with Crippen molar-refractivity contribution in [2.75, 3.05) is 6.54 Å². The SMILES string of the molecule is CC(C)C1CC(=O)N(C(C)CC(=O)O)C1. The summed E-state index contributed by atoms with van der Waals surface area (Å²) in [5, 5.41) is 8.67. The van der Waals surface area contributed by atoms with Gasteiger partial charge in [0.1, 0.15) is 0 Å². The van der Waals surface area contributed by atoms with E-state index in [1.807, 2.05) is 0 Å². The highest BCUT2D eigenvalue weighted by atomic mass is 16.4. The van der Waals surface area contributed by atoms with Crippen molar-refractivity contribution in [3.8, 4) is 0 Å². The summed E-state index contributed by atoms with van der Waals surface area (Å²) in [6.45, 7) is 6.71. The van der Waals surface area contributed by atoms with Crippen LogP contribution in [0.3, 0.4) is 0 Å². The molecule has 2 atom stereocenters. The van der Waals surface area contributed by atoms with Crippen molar-refractivity contribution in [2.45, 2.75) is 39.7 Å². The third-order valence-corrected chi connectivity index (χ3v) is 3.13. The van der Waals surface area contributed by atoms with Crippen molar-refractivity contribution in [3.05, 3.63) is 0 Å². The normalized spacial score (nSPS) is 23.6. The number of amides is 1. The van der Waals surface area contributed by atoms with Gasteiger partial charge in [0.15, 0.2) is 0 Å². The molecular weight excluding hydrogens is 194 g/mol. The Labute approximate surface area is 90.3 Å². The van der Waals surface area contributed by atoms with Gasteiger partial charge in [-0.25, -0.2) is 0 Å². The molecule has 1 rings (SSSR count). The number of carboxylic acid groups (broad SMARTS) is 1. The van der Waals surface area contributed by atoms with Crippen LogP contribution in [0.15, 0.2) is 0 Å². The highest BCUT2D eigenvalue weighted by Crippen LogP contribution is 2.26. The molecule has 0 aliphatic carbocycles. The van der Waals surface area contributed by atoms with Gasteiger partial charge in [0.25, 0.3) is 0 Å². The maximum Gasteiger partial charge on any atom is 0.305 e. The van der Waals surface area contributed by atoms with Crippen molar-refractivity contribution in [1.82, 2.24) is 4.90 Å². The lowest BCUT2D eigenvalue weighted by Gasteiger charge is -2.24. The first-order valence-corrected chi connectivity index (χ1v) is 5.43. The molecule has 0 aromatic rings. The van der Waals surface area contributed by atoms with Gasteiger partial charge in [-0.15, -0.1) is 0 Å². The minimum absolute atomic E-state index is 0.0382.